The molecule has 10 heteroatoms. The molecule has 1 unspecified atom stereocenters. The summed E-state index contributed by atoms with van der Waals surface area (Å²) in [7, 11) is 3.06. The van der Waals surface area contributed by atoms with Gasteiger partial charge in [0, 0.05) is 17.2 Å². The third-order valence-electron chi connectivity index (χ3n) is 6.99. The summed E-state index contributed by atoms with van der Waals surface area (Å²) in [4.78, 5) is 30.2. The number of anilines is 1. The molecule has 1 N–H and O–H groups in total. The Morgan fingerprint density at radius 1 is 0.976 bits per heavy atom. The fourth-order valence-electron chi connectivity index (χ4n) is 4.52. The van der Waals surface area contributed by atoms with Gasteiger partial charge < -0.3 is 19.5 Å². The molecule has 0 aliphatic heterocycles. The van der Waals surface area contributed by atoms with Crippen LogP contribution in [0.1, 0.15) is 45.7 Å². The smallest absolute Gasteiger partial charge is 0.249 e. The highest BCUT2D eigenvalue weighted by atomic mass is 16.5. The minimum atomic E-state index is -1.10. The Bertz CT molecular complexity index is 1520. The van der Waals surface area contributed by atoms with Gasteiger partial charge in [-0.1, -0.05) is 42.5 Å². The van der Waals surface area contributed by atoms with E-state index in [1.165, 1.54) is 16.7 Å². The van der Waals surface area contributed by atoms with Crippen LogP contribution in [0.25, 0.3) is 11.0 Å². The Balaban J connectivity index is 1.93. The van der Waals surface area contributed by atoms with Crippen molar-refractivity contribution in [2.24, 2.45) is 0 Å². The van der Waals surface area contributed by atoms with Gasteiger partial charge in [-0.2, -0.15) is 0 Å². The van der Waals surface area contributed by atoms with Crippen molar-refractivity contribution in [1.82, 2.24) is 20.3 Å². The third-order valence-corrected chi connectivity index (χ3v) is 6.99. The van der Waals surface area contributed by atoms with E-state index >= 15 is 0 Å². The third kappa shape index (κ3) is 6.42. The second-order valence-electron chi connectivity index (χ2n) is 10.1. The van der Waals surface area contributed by atoms with Crippen LogP contribution in [-0.4, -0.2) is 53.2 Å². The number of benzene rings is 3. The largest absolute Gasteiger partial charge is 0.497 e. The van der Waals surface area contributed by atoms with Gasteiger partial charge in [-0.15, -0.1) is 5.10 Å². The molecule has 2 amide bonds. The van der Waals surface area contributed by atoms with Crippen LogP contribution >= 0.6 is 0 Å². The molecule has 4 aromatic rings. The predicted molar refractivity (Wildman–Crippen MR) is 157 cm³/mol. The van der Waals surface area contributed by atoms with Crippen LogP contribution in [0.4, 0.5) is 5.69 Å². The lowest BCUT2D eigenvalue weighted by atomic mass is 9.97. The molecule has 0 bridgehead atoms. The lowest BCUT2D eigenvalue weighted by molar-refractivity contribution is -0.128. The van der Waals surface area contributed by atoms with Crippen molar-refractivity contribution in [2.75, 3.05) is 25.7 Å². The van der Waals surface area contributed by atoms with E-state index in [1.807, 2.05) is 64.1 Å². The molecule has 3 aromatic carbocycles. The number of ether oxygens (including phenoxy) is 3. The van der Waals surface area contributed by atoms with Crippen molar-refractivity contribution < 1.29 is 23.8 Å². The molecule has 0 saturated heterocycles. The number of carbonyl (C=O) groups excluding carboxylic acids is 2. The van der Waals surface area contributed by atoms with Crippen molar-refractivity contribution in [3.63, 3.8) is 0 Å². The average molecular weight is 560 g/mol. The quantitative estimate of drug-likeness (QED) is 0.262. The maximum Gasteiger partial charge on any atom is 0.249 e. The van der Waals surface area contributed by atoms with Crippen LogP contribution in [0.5, 0.6) is 17.2 Å². The molecule has 4 rings (SSSR count). The van der Waals surface area contributed by atoms with Crippen molar-refractivity contribution in [2.45, 2.75) is 52.2 Å². The van der Waals surface area contributed by atoms with E-state index in [1.54, 1.807) is 37.4 Å². The highest BCUT2D eigenvalue weighted by Gasteiger charge is 2.38. The Morgan fingerprint density at radius 2 is 1.71 bits per heavy atom. The van der Waals surface area contributed by atoms with Crippen LogP contribution in [-0.2, 0) is 16.1 Å². The number of amides is 2. The van der Waals surface area contributed by atoms with Crippen molar-refractivity contribution in [1.29, 1.82) is 0 Å². The average Bonchev–Trinajstić information content (AvgIpc) is 3.38. The van der Waals surface area contributed by atoms with Crippen molar-refractivity contribution in [3.05, 3.63) is 72.3 Å². The minimum Gasteiger partial charge on any atom is -0.497 e. The van der Waals surface area contributed by atoms with E-state index in [0.717, 1.165) is 0 Å². The fourth-order valence-corrected chi connectivity index (χ4v) is 4.52. The fraction of sp³-hybridized carbons (Fsp3) is 0.355. The minimum absolute atomic E-state index is 0.173. The maximum atomic E-state index is 14.4. The molecule has 0 aliphatic carbocycles. The Labute approximate surface area is 240 Å². The molecule has 0 fully saturated rings. The summed E-state index contributed by atoms with van der Waals surface area (Å²) in [5.74, 6) is 0.648. The molecular weight excluding hydrogens is 522 g/mol. The number of nitrogens with one attached hydrogen (secondary N) is 1. The number of para-hydroxylation sites is 2. The second-order valence-corrected chi connectivity index (χ2v) is 10.1. The number of hydrogen-bond donors (Lipinski definition) is 1. The van der Waals surface area contributed by atoms with E-state index in [-0.39, 0.29) is 12.5 Å². The number of fused-ring (bicyclic) bond motifs is 1. The number of rotatable bonds is 12. The number of hydrogen-bond acceptors (Lipinski definition) is 7. The predicted octanol–water partition coefficient (Wildman–Crippen LogP) is 4.93. The molecule has 0 spiro atoms. The zero-order chi connectivity index (χ0) is 29.6. The molecule has 10 nitrogen and oxygen atoms in total. The topological polar surface area (TPSA) is 108 Å². The molecule has 0 saturated carbocycles. The van der Waals surface area contributed by atoms with Gasteiger partial charge in [0.05, 0.1) is 32.0 Å². The van der Waals surface area contributed by atoms with Crippen LogP contribution < -0.4 is 24.4 Å². The summed E-state index contributed by atoms with van der Waals surface area (Å²) >= 11 is 0. The molecule has 0 radical (unpaired) electrons. The molecule has 1 heterocycles. The number of methoxy groups -OCH3 is 2. The van der Waals surface area contributed by atoms with Crippen molar-refractivity contribution in [3.8, 4) is 17.2 Å². The molecule has 1 aromatic heterocycles. The summed E-state index contributed by atoms with van der Waals surface area (Å²) < 4.78 is 18.6. The van der Waals surface area contributed by atoms with E-state index in [4.69, 9.17) is 14.2 Å². The lowest BCUT2D eigenvalue weighted by Gasteiger charge is -2.35. The first-order valence-electron chi connectivity index (χ1n) is 13.6. The van der Waals surface area contributed by atoms with Gasteiger partial charge in [0.1, 0.15) is 35.4 Å². The van der Waals surface area contributed by atoms with Gasteiger partial charge in [-0.3, -0.25) is 14.5 Å². The monoisotopic (exact) mass is 559 g/mol. The standard InChI is InChI=1S/C31H37N5O5/c1-7-31(3,4)32-30(38)29(22-13-9-12-16-26(22)41-8-2)36(25-18-17-21(39-5)19-27(25)40-6)28(37)20-35-24-15-11-10-14-23(24)33-34-35/h9-19,29H,7-8,20H2,1-6H3,(H,32,38). The van der Waals surface area contributed by atoms with Gasteiger partial charge in [-0.25, -0.2) is 4.68 Å². The highest BCUT2D eigenvalue weighted by Crippen LogP contribution is 2.40. The van der Waals surface area contributed by atoms with E-state index < -0.39 is 17.5 Å². The molecular formula is C31H37N5O5. The zero-order valence-corrected chi connectivity index (χ0v) is 24.4. The van der Waals surface area contributed by atoms with Gasteiger partial charge in [-0.05, 0) is 57.5 Å². The zero-order valence-electron chi connectivity index (χ0n) is 24.4. The SMILES string of the molecule is CCOc1ccccc1C(C(=O)NC(C)(C)CC)N(C(=O)Cn1nnc2ccccc21)c1ccc(OC)cc1OC. The van der Waals surface area contributed by atoms with Crippen LogP contribution in [0.3, 0.4) is 0 Å². The molecule has 0 aliphatic rings. The Morgan fingerprint density at radius 3 is 2.41 bits per heavy atom. The Kier molecular flexibility index (Phi) is 9.11. The molecule has 216 valence electrons. The number of nitrogens with zero attached hydrogens (tertiary/aromatic N) is 4. The van der Waals surface area contributed by atoms with Gasteiger partial charge in [0.15, 0.2) is 0 Å². The van der Waals surface area contributed by atoms with Gasteiger partial charge in [0.25, 0.3) is 0 Å². The lowest BCUT2D eigenvalue weighted by Crippen LogP contribution is -2.51. The van der Waals surface area contributed by atoms with Crippen LogP contribution in [0.2, 0.25) is 0 Å². The normalized spacial score (nSPS) is 12.0. The van der Waals surface area contributed by atoms with Gasteiger partial charge in [0.2, 0.25) is 11.8 Å². The summed E-state index contributed by atoms with van der Waals surface area (Å²) in [5.41, 5.74) is 1.76. The number of aromatic nitrogens is 3. The number of carbonyl (C=O) groups is 2. The van der Waals surface area contributed by atoms with Crippen LogP contribution in [0, 0.1) is 0 Å². The molecule has 1 atom stereocenters. The maximum absolute atomic E-state index is 14.4. The summed E-state index contributed by atoms with van der Waals surface area (Å²) in [6, 6.07) is 18.7. The summed E-state index contributed by atoms with van der Waals surface area (Å²) in [6.45, 7) is 7.96. The summed E-state index contributed by atoms with van der Waals surface area (Å²) in [5, 5.41) is 11.6. The van der Waals surface area contributed by atoms with Gasteiger partial charge >= 0.3 is 0 Å². The molecule has 41 heavy (non-hydrogen) atoms. The van der Waals surface area contributed by atoms with E-state index in [2.05, 4.69) is 15.6 Å². The highest BCUT2D eigenvalue weighted by molar-refractivity contribution is 6.03. The first-order chi connectivity index (χ1) is 19.7. The summed E-state index contributed by atoms with van der Waals surface area (Å²) in [6.07, 6.45) is 0.684. The van der Waals surface area contributed by atoms with Crippen LogP contribution in [0.15, 0.2) is 66.7 Å². The van der Waals surface area contributed by atoms with E-state index in [9.17, 15) is 9.59 Å². The first kappa shape index (κ1) is 29.4. The first-order valence-corrected chi connectivity index (χ1v) is 13.6. The second kappa shape index (κ2) is 12.7. The van der Waals surface area contributed by atoms with Crippen molar-refractivity contribution >= 4 is 28.5 Å². The Hall–Kier alpha value is -4.60. The van der Waals surface area contributed by atoms with E-state index in [0.29, 0.717) is 52.6 Å².